The topological polar surface area (TPSA) is 101 Å². The number of aliphatic hydroxyl groups is 5. The molecule has 6 atom stereocenters. The lowest BCUT2D eigenvalue weighted by Crippen LogP contribution is -2.98. The molecule has 0 amide bonds. The summed E-state index contributed by atoms with van der Waals surface area (Å²) in [5.74, 6) is -1.87. The Morgan fingerprint density at radius 1 is 0.962 bits per heavy atom. The van der Waals surface area contributed by atoms with Crippen molar-refractivity contribution in [2.24, 2.45) is 0 Å². The molecule has 2 fully saturated rings. The summed E-state index contributed by atoms with van der Waals surface area (Å²) in [5.41, 5.74) is -2.84. The molecule has 0 bridgehead atoms. The Morgan fingerprint density at radius 2 is 1.62 bits per heavy atom. The molecule has 5 N–H and O–H groups in total. The van der Waals surface area contributed by atoms with Crippen LogP contribution >= 0.6 is 0 Å². The van der Waals surface area contributed by atoms with Crippen LogP contribution < -0.4 is 0 Å². The highest BCUT2D eigenvalue weighted by atomic mass is 16.4. The average molecular weight is 356 g/mol. The summed E-state index contributed by atoms with van der Waals surface area (Å²) >= 11 is 0. The minimum atomic E-state index is -2.03. The van der Waals surface area contributed by atoms with Crippen LogP contribution in [-0.4, -0.2) is 55.0 Å². The summed E-state index contributed by atoms with van der Waals surface area (Å²) in [6.45, 7) is 3.06. The second-order valence-corrected chi connectivity index (χ2v) is 7.80. The number of aliphatic hydroxyl groups excluding tert-OH is 2. The molecule has 2 aliphatic carbocycles. The van der Waals surface area contributed by atoms with Gasteiger partial charge in [-0.1, -0.05) is 54.1 Å². The van der Waals surface area contributed by atoms with Crippen molar-refractivity contribution in [2.45, 2.75) is 48.6 Å². The molecule has 0 saturated heterocycles. The number of aryl methyl sites for hydroxylation is 2. The zero-order valence-corrected chi connectivity index (χ0v) is 14.8. The van der Waals surface area contributed by atoms with Gasteiger partial charge in [-0.2, -0.15) is 0 Å². The molecular formula is C21H24O5. The van der Waals surface area contributed by atoms with Gasteiger partial charge in [0.1, 0.15) is 16.8 Å². The maximum atomic E-state index is 11.3. The summed E-state index contributed by atoms with van der Waals surface area (Å²) in [5, 5.41) is 54.5. The van der Waals surface area contributed by atoms with Gasteiger partial charge in [-0.3, -0.25) is 0 Å². The lowest BCUT2D eigenvalue weighted by molar-refractivity contribution is -0.448. The third-order valence-electron chi connectivity index (χ3n) is 6.54. The maximum Gasteiger partial charge on any atom is 0.137 e. The van der Waals surface area contributed by atoms with Crippen molar-refractivity contribution in [3.63, 3.8) is 0 Å². The molecule has 2 aromatic carbocycles. The Kier molecular flexibility index (Phi) is 3.65. The lowest BCUT2D eigenvalue weighted by atomic mass is 9.31. The molecule has 3 unspecified atom stereocenters. The van der Waals surface area contributed by atoms with Gasteiger partial charge in [-0.15, -0.1) is 0 Å². The largest absolute Gasteiger partial charge is 0.393 e. The van der Waals surface area contributed by atoms with Crippen molar-refractivity contribution in [1.29, 1.82) is 0 Å². The molecule has 0 aliphatic heterocycles. The molecule has 138 valence electrons. The Bertz CT molecular complexity index is 841. The van der Waals surface area contributed by atoms with Crippen LogP contribution in [0.4, 0.5) is 0 Å². The molecule has 4 rings (SSSR count). The summed E-state index contributed by atoms with van der Waals surface area (Å²) in [6, 6.07) is 14.3. The second-order valence-electron chi connectivity index (χ2n) is 7.80. The third kappa shape index (κ3) is 1.73. The smallest absolute Gasteiger partial charge is 0.137 e. The minimum absolute atomic E-state index is 0.609. The number of fused-ring (bicyclic) bond motifs is 1. The van der Waals surface area contributed by atoms with Crippen molar-refractivity contribution in [2.75, 3.05) is 6.61 Å². The first-order valence-corrected chi connectivity index (χ1v) is 8.81. The van der Waals surface area contributed by atoms with Crippen LogP contribution in [0.2, 0.25) is 0 Å². The van der Waals surface area contributed by atoms with Gasteiger partial charge in [0.2, 0.25) is 0 Å². The fourth-order valence-electron chi connectivity index (χ4n) is 5.31. The SMILES string of the molecule is Cc1ccc(C2[C@]3(O)C(O)C(c4ccccc4)[C@]3(O)[C@]2(O)CO)c(C)c1. The van der Waals surface area contributed by atoms with E-state index in [9.17, 15) is 25.5 Å². The zero-order chi connectivity index (χ0) is 18.9. The fourth-order valence-corrected chi connectivity index (χ4v) is 5.31. The van der Waals surface area contributed by atoms with Crippen molar-refractivity contribution < 1.29 is 25.5 Å². The van der Waals surface area contributed by atoms with Crippen LogP contribution in [0.5, 0.6) is 0 Å². The second kappa shape index (κ2) is 5.38. The van der Waals surface area contributed by atoms with Crippen LogP contribution in [0.15, 0.2) is 48.5 Å². The maximum absolute atomic E-state index is 11.3. The average Bonchev–Trinajstić information content (AvgIpc) is 2.63. The Balaban J connectivity index is 1.84. The van der Waals surface area contributed by atoms with E-state index in [1.54, 1.807) is 30.3 Å². The molecule has 0 heterocycles. The normalized spacial score (nSPS) is 41.1. The van der Waals surface area contributed by atoms with Crippen molar-refractivity contribution >= 4 is 0 Å². The van der Waals surface area contributed by atoms with Crippen LogP contribution in [0.1, 0.15) is 34.1 Å². The molecule has 0 aromatic heterocycles. The van der Waals surface area contributed by atoms with E-state index >= 15 is 0 Å². The van der Waals surface area contributed by atoms with E-state index in [2.05, 4.69) is 0 Å². The Labute approximate surface area is 152 Å². The summed E-state index contributed by atoms with van der Waals surface area (Å²) < 4.78 is 0. The third-order valence-corrected chi connectivity index (χ3v) is 6.54. The molecule has 26 heavy (non-hydrogen) atoms. The van der Waals surface area contributed by atoms with E-state index < -0.39 is 41.3 Å². The molecule has 2 saturated carbocycles. The molecule has 5 nitrogen and oxygen atoms in total. The van der Waals surface area contributed by atoms with E-state index in [0.717, 1.165) is 11.1 Å². The van der Waals surface area contributed by atoms with Crippen LogP contribution in [-0.2, 0) is 0 Å². The molecule has 0 radical (unpaired) electrons. The number of hydrogen-bond donors (Lipinski definition) is 5. The first-order chi connectivity index (χ1) is 12.2. The van der Waals surface area contributed by atoms with Crippen LogP contribution in [0, 0.1) is 13.8 Å². The highest BCUT2D eigenvalue weighted by molar-refractivity contribution is 5.56. The lowest BCUT2D eigenvalue weighted by Gasteiger charge is -2.79. The van der Waals surface area contributed by atoms with E-state index in [0.29, 0.717) is 11.1 Å². The number of rotatable bonds is 3. The summed E-state index contributed by atoms with van der Waals surface area (Å²) in [6.07, 6.45) is -1.26. The standard InChI is InChI=1S/C21H24O5/c1-12-8-9-15(13(2)10-12)17-19(24,11-22)21(26)16(18(23)20(17,21)25)14-6-4-3-5-7-14/h3-10,16-18,22-26H,11H2,1-2H3/t16?,17?,18?,19-,20-,21-/m0/s1. The summed E-state index contributed by atoms with van der Waals surface area (Å²) in [4.78, 5) is 0. The highest BCUT2D eigenvalue weighted by Crippen LogP contribution is 2.74. The zero-order valence-electron chi connectivity index (χ0n) is 14.8. The van der Waals surface area contributed by atoms with Crippen molar-refractivity contribution in [1.82, 2.24) is 0 Å². The first kappa shape index (κ1) is 17.6. The van der Waals surface area contributed by atoms with E-state index in [-0.39, 0.29) is 0 Å². The summed E-state index contributed by atoms with van der Waals surface area (Å²) in [7, 11) is 0. The molecule has 2 aromatic rings. The van der Waals surface area contributed by atoms with Crippen molar-refractivity contribution in [3.8, 4) is 0 Å². The van der Waals surface area contributed by atoms with Gasteiger partial charge in [-0.05, 0) is 30.5 Å². The Morgan fingerprint density at radius 3 is 2.19 bits per heavy atom. The number of hydrogen-bond acceptors (Lipinski definition) is 5. The van der Waals surface area contributed by atoms with Gasteiger partial charge in [0.05, 0.1) is 18.6 Å². The molecule has 5 heteroatoms. The highest BCUT2D eigenvalue weighted by Gasteiger charge is 2.92. The van der Waals surface area contributed by atoms with Gasteiger partial charge in [0.15, 0.2) is 0 Å². The van der Waals surface area contributed by atoms with Crippen LogP contribution in [0.3, 0.4) is 0 Å². The Hall–Kier alpha value is -1.76. The van der Waals surface area contributed by atoms with Gasteiger partial charge >= 0.3 is 0 Å². The van der Waals surface area contributed by atoms with Gasteiger partial charge in [-0.25, -0.2) is 0 Å². The predicted octanol–water partition coefficient (Wildman–Crippen LogP) is 0.745. The predicted molar refractivity (Wildman–Crippen MR) is 95.8 cm³/mol. The molecule has 2 aliphatic rings. The van der Waals surface area contributed by atoms with Gasteiger partial charge in [0, 0.05) is 5.92 Å². The monoisotopic (exact) mass is 356 g/mol. The fraction of sp³-hybridized carbons (Fsp3) is 0.429. The minimum Gasteiger partial charge on any atom is -0.393 e. The van der Waals surface area contributed by atoms with Crippen molar-refractivity contribution in [3.05, 3.63) is 70.8 Å². The van der Waals surface area contributed by atoms with E-state index in [4.69, 9.17) is 0 Å². The first-order valence-electron chi connectivity index (χ1n) is 8.81. The van der Waals surface area contributed by atoms with Gasteiger partial charge in [0.25, 0.3) is 0 Å². The quantitative estimate of drug-likeness (QED) is 0.559. The molecule has 0 spiro atoms. The van der Waals surface area contributed by atoms with Gasteiger partial charge < -0.3 is 25.5 Å². The van der Waals surface area contributed by atoms with E-state index in [1.165, 1.54) is 0 Å². The van der Waals surface area contributed by atoms with E-state index in [1.807, 2.05) is 32.0 Å². The number of benzene rings is 2. The van der Waals surface area contributed by atoms with Crippen LogP contribution in [0.25, 0.3) is 0 Å². The molecular weight excluding hydrogens is 332 g/mol.